The highest BCUT2D eigenvalue weighted by Gasteiger charge is 2.41. The van der Waals surface area contributed by atoms with E-state index in [0.29, 0.717) is 6.42 Å². The summed E-state index contributed by atoms with van der Waals surface area (Å²) >= 11 is 0. The van der Waals surface area contributed by atoms with E-state index in [2.05, 4.69) is 34.7 Å². The Morgan fingerprint density at radius 3 is 2.78 bits per heavy atom. The predicted octanol–water partition coefficient (Wildman–Crippen LogP) is 2.06. The minimum atomic E-state index is -3.33. The van der Waals surface area contributed by atoms with E-state index >= 15 is 0 Å². The van der Waals surface area contributed by atoms with Gasteiger partial charge in [-0.05, 0) is 51.3 Å². The lowest BCUT2D eigenvalue weighted by Crippen LogP contribution is -2.43. The van der Waals surface area contributed by atoms with Crippen LogP contribution in [-0.4, -0.2) is 45.0 Å². The van der Waals surface area contributed by atoms with Crippen LogP contribution in [0.5, 0.6) is 0 Å². The molecule has 2 aliphatic heterocycles. The second-order valence-electron chi connectivity index (χ2n) is 7.33. The highest BCUT2D eigenvalue weighted by Crippen LogP contribution is 2.29. The Morgan fingerprint density at radius 1 is 1.35 bits per heavy atom. The average Bonchev–Trinajstić information content (AvgIpc) is 3.05. The van der Waals surface area contributed by atoms with Crippen LogP contribution < -0.4 is 9.62 Å². The Bertz CT molecular complexity index is 672. The third-order valence-corrected chi connectivity index (χ3v) is 6.55. The maximum absolute atomic E-state index is 12.6. The highest BCUT2D eigenvalue weighted by atomic mass is 32.2. The quantitative estimate of drug-likeness (QED) is 0.913. The minimum Gasteiger partial charge on any atom is -0.374 e. The van der Waals surface area contributed by atoms with Gasteiger partial charge in [0.25, 0.3) is 0 Å². The van der Waals surface area contributed by atoms with Crippen LogP contribution in [0.4, 0.5) is 5.69 Å². The molecule has 2 aliphatic rings. The Hall–Kier alpha value is -1.11. The first-order chi connectivity index (χ1) is 10.8. The molecule has 2 saturated heterocycles. The van der Waals surface area contributed by atoms with Gasteiger partial charge >= 0.3 is 0 Å². The number of hydrogen-bond acceptors (Lipinski definition) is 4. The van der Waals surface area contributed by atoms with Gasteiger partial charge in [0.2, 0.25) is 10.0 Å². The summed E-state index contributed by atoms with van der Waals surface area (Å²) in [5.74, 6) is 0. The Kier molecular flexibility index (Phi) is 4.42. The molecule has 3 rings (SSSR count). The molecule has 0 saturated carbocycles. The smallest absolute Gasteiger partial charge is 0.217 e. The second kappa shape index (κ2) is 6.07. The number of nitrogens with zero attached hydrogens (tertiary/aromatic N) is 1. The molecule has 5 nitrogen and oxygen atoms in total. The molecule has 2 atom stereocenters. The summed E-state index contributed by atoms with van der Waals surface area (Å²) in [5, 5.41) is -0.439. The third kappa shape index (κ3) is 3.87. The van der Waals surface area contributed by atoms with Crippen LogP contribution in [0.1, 0.15) is 32.3 Å². The molecule has 0 aliphatic carbocycles. The van der Waals surface area contributed by atoms with Gasteiger partial charge in [-0.3, -0.25) is 0 Å². The standard InChI is InChI=1S/C17H26N2O3S/c1-13-5-4-6-15(9-13)19-8-7-14(11-19)18-23(20,21)16-10-17(2,3)22-12-16/h4-6,9,14,16,18H,7-8,10-12H2,1-3H3. The predicted molar refractivity (Wildman–Crippen MR) is 92.3 cm³/mol. The summed E-state index contributed by atoms with van der Waals surface area (Å²) in [4.78, 5) is 2.25. The monoisotopic (exact) mass is 338 g/mol. The third-order valence-electron chi connectivity index (χ3n) is 4.70. The van der Waals surface area contributed by atoms with Crippen molar-refractivity contribution in [2.45, 2.75) is 50.5 Å². The van der Waals surface area contributed by atoms with E-state index in [-0.39, 0.29) is 18.2 Å². The molecule has 1 aromatic rings. The van der Waals surface area contributed by atoms with Crippen LogP contribution >= 0.6 is 0 Å². The number of benzene rings is 1. The van der Waals surface area contributed by atoms with Crippen molar-refractivity contribution in [3.63, 3.8) is 0 Å². The van der Waals surface area contributed by atoms with Gasteiger partial charge in [-0.1, -0.05) is 12.1 Å². The fourth-order valence-corrected chi connectivity index (χ4v) is 5.15. The summed E-state index contributed by atoms with van der Waals surface area (Å²) in [5.41, 5.74) is 2.04. The van der Waals surface area contributed by atoms with Crippen molar-refractivity contribution in [3.05, 3.63) is 29.8 Å². The number of sulfonamides is 1. The van der Waals surface area contributed by atoms with E-state index in [1.54, 1.807) is 0 Å². The van der Waals surface area contributed by atoms with E-state index in [9.17, 15) is 8.42 Å². The van der Waals surface area contributed by atoms with Crippen molar-refractivity contribution in [1.29, 1.82) is 0 Å². The van der Waals surface area contributed by atoms with Crippen LogP contribution in [-0.2, 0) is 14.8 Å². The molecule has 2 heterocycles. The largest absolute Gasteiger partial charge is 0.374 e. The summed E-state index contributed by atoms with van der Waals surface area (Å²) in [6.45, 7) is 7.84. The van der Waals surface area contributed by atoms with Crippen LogP contribution in [0.25, 0.3) is 0 Å². The molecule has 2 unspecified atom stereocenters. The fraction of sp³-hybridized carbons (Fsp3) is 0.647. The molecule has 0 aromatic heterocycles. The molecule has 128 valence electrons. The van der Waals surface area contributed by atoms with Crippen LogP contribution in [0.2, 0.25) is 0 Å². The van der Waals surface area contributed by atoms with Gasteiger partial charge in [0.1, 0.15) is 5.25 Å². The van der Waals surface area contributed by atoms with Crippen LogP contribution in [0, 0.1) is 6.92 Å². The molecule has 0 amide bonds. The van der Waals surface area contributed by atoms with Crippen molar-refractivity contribution < 1.29 is 13.2 Å². The van der Waals surface area contributed by atoms with Gasteiger partial charge in [0.15, 0.2) is 0 Å². The lowest BCUT2D eigenvalue weighted by atomic mass is 10.1. The molecule has 0 spiro atoms. The van der Waals surface area contributed by atoms with Crippen molar-refractivity contribution >= 4 is 15.7 Å². The van der Waals surface area contributed by atoms with Gasteiger partial charge in [0, 0.05) is 24.8 Å². The first-order valence-electron chi connectivity index (χ1n) is 8.22. The lowest BCUT2D eigenvalue weighted by molar-refractivity contribution is 0.0367. The molecule has 1 aromatic carbocycles. The number of aryl methyl sites for hydroxylation is 1. The molecule has 1 N–H and O–H groups in total. The number of nitrogens with one attached hydrogen (secondary N) is 1. The van der Waals surface area contributed by atoms with E-state index in [4.69, 9.17) is 4.74 Å². The van der Waals surface area contributed by atoms with Crippen molar-refractivity contribution in [2.24, 2.45) is 0 Å². The minimum absolute atomic E-state index is 0.0239. The molecule has 2 fully saturated rings. The molecular weight excluding hydrogens is 312 g/mol. The van der Waals surface area contributed by atoms with E-state index < -0.39 is 15.3 Å². The van der Waals surface area contributed by atoms with Crippen molar-refractivity contribution in [1.82, 2.24) is 4.72 Å². The van der Waals surface area contributed by atoms with Crippen LogP contribution in [0.3, 0.4) is 0 Å². The van der Waals surface area contributed by atoms with Crippen LogP contribution in [0.15, 0.2) is 24.3 Å². The first-order valence-corrected chi connectivity index (χ1v) is 9.76. The maximum Gasteiger partial charge on any atom is 0.217 e. The SMILES string of the molecule is Cc1cccc(N2CCC(NS(=O)(=O)C3COC(C)(C)C3)C2)c1. The number of hydrogen-bond donors (Lipinski definition) is 1. The number of ether oxygens (including phenoxy) is 1. The fourth-order valence-electron chi connectivity index (χ4n) is 3.43. The van der Waals surface area contributed by atoms with Gasteiger partial charge in [-0.15, -0.1) is 0 Å². The summed E-state index contributed by atoms with van der Waals surface area (Å²) in [7, 11) is -3.33. The highest BCUT2D eigenvalue weighted by molar-refractivity contribution is 7.90. The lowest BCUT2D eigenvalue weighted by Gasteiger charge is -2.21. The van der Waals surface area contributed by atoms with Crippen molar-refractivity contribution in [3.8, 4) is 0 Å². The molecule has 0 radical (unpaired) electrons. The van der Waals surface area contributed by atoms with Gasteiger partial charge < -0.3 is 9.64 Å². The average molecular weight is 338 g/mol. The Labute approximate surface area is 139 Å². The summed E-state index contributed by atoms with van der Waals surface area (Å²) < 4.78 is 33.6. The Morgan fingerprint density at radius 2 is 2.13 bits per heavy atom. The second-order valence-corrected chi connectivity index (χ2v) is 9.32. The summed E-state index contributed by atoms with van der Waals surface area (Å²) in [6.07, 6.45) is 1.39. The zero-order valence-corrected chi connectivity index (χ0v) is 14.9. The normalized spacial score (nSPS) is 27.5. The summed E-state index contributed by atoms with van der Waals surface area (Å²) in [6, 6.07) is 8.31. The molecular formula is C17H26N2O3S. The Balaban J connectivity index is 1.61. The van der Waals surface area contributed by atoms with E-state index in [1.807, 2.05) is 19.9 Å². The zero-order valence-electron chi connectivity index (χ0n) is 14.1. The number of rotatable bonds is 4. The molecule has 23 heavy (non-hydrogen) atoms. The van der Waals surface area contributed by atoms with E-state index in [0.717, 1.165) is 25.2 Å². The van der Waals surface area contributed by atoms with Gasteiger partial charge in [-0.25, -0.2) is 13.1 Å². The zero-order chi connectivity index (χ0) is 16.7. The van der Waals surface area contributed by atoms with Gasteiger partial charge in [-0.2, -0.15) is 0 Å². The van der Waals surface area contributed by atoms with Gasteiger partial charge in [0.05, 0.1) is 12.2 Å². The molecule has 6 heteroatoms. The topological polar surface area (TPSA) is 58.6 Å². The molecule has 0 bridgehead atoms. The van der Waals surface area contributed by atoms with Crippen molar-refractivity contribution in [2.75, 3.05) is 24.6 Å². The maximum atomic E-state index is 12.6. The van der Waals surface area contributed by atoms with E-state index in [1.165, 1.54) is 5.56 Å². The first kappa shape index (κ1) is 16.7. The number of anilines is 1.